The van der Waals surface area contributed by atoms with Crippen molar-refractivity contribution in [1.29, 1.82) is 0 Å². The monoisotopic (exact) mass is 344 g/mol. The summed E-state index contributed by atoms with van der Waals surface area (Å²) >= 11 is 0. The summed E-state index contributed by atoms with van der Waals surface area (Å²) in [6.45, 7) is 4.74. The summed E-state index contributed by atoms with van der Waals surface area (Å²) in [5, 5.41) is 11.2. The number of aryl methyl sites for hydroxylation is 1. The van der Waals surface area contributed by atoms with Gasteiger partial charge in [-0.1, -0.05) is 13.8 Å². The predicted octanol–water partition coefficient (Wildman–Crippen LogP) is 2.78. The van der Waals surface area contributed by atoms with Crippen molar-refractivity contribution in [3.8, 4) is 17.1 Å². The Labute approximate surface area is 149 Å². The fourth-order valence-corrected chi connectivity index (χ4v) is 2.18. The lowest BCUT2D eigenvalue weighted by molar-refractivity contribution is 0.291. The van der Waals surface area contributed by atoms with E-state index in [1.165, 1.54) is 12.8 Å². The summed E-state index contributed by atoms with van der Waals surface area (Å²) in [4.78, 5) is 4.62. The van der Waals surface area contributed by atoms with Gasteiger partial charge in [-0.3, -0.25) is 4.68 Å². The van der Waals surface area contributed by atoms with E-state index in [2.05, 4.69) is 20.5 Å². The molecule has 0 unspecified atom stereocenters. The Hall–Kier alpha value is -2.41. The number of aromatic nitrogens is 5. The van der Waals surface area contributed by atoms with Crippen LogP contribution < -0.4 is 10.1 Å². The summed E-state index contributed by atoms with van der Waals surface area (Å²) < 4.78 is 9.43. The molecule has 0 radical (unpaired) electrons. The highest BCUT2D eigenvalue weighted by atomic mass is 16.5. The molecule has 0 bridgehead atoms. The average Bonchev–Trinajstić information content (AvgIpc) is 3.14. The van der Waals surface area contributed by atoms with Crippen molar-refractivity contribution in [1.82, 2.24) is 29.7 Å². The van der Waals surface area contributed by atoms with Gasteiger partial charge in [0.1, 0.15) is 5.52 Å². The highest BCUT2D eigenvalue weighted by Crippen LogP contribution is 2.30. The van der Waals surface area contributed by atoms with Crippen molar-refractivity contribution >= 4 is 5.52 Å². The molecule has 25 heavy (non-hydrogen) atoms. The van der Waals surface area contributed by atoms with Gasteiger partial charge in [0.2, 0.25) is 5.88 Å². The van der Waals surface area contributed by atoms with Crippen molar-refractivity contribution in [3.05, 3.63) is 30.9 Å². The zero-order valence-electron chi connectivity index (χ0n) is 15.7. The van der Waals surface area contributed by atoms with Crippen LogP contribution in [-0.4, -0.2) is 45.1 Å². The van der Waals surface area contributed by atoms with E-state index in [0.717, 1.165) is 23.4 Å². The highest BCUT2D eigenvalue weighted by Gasteiger charge is 2.23. The quantitative estimate of drug-likeness (QED) is 0.788. The standard InChI is InChI=1S/C14H15N5O.C2H7N.C2H6/c1-18-7-11(6-16-18)12-8-19-13(4-5-15-19)14(17-12)20-9-10-2-3-10;1-3-2;1-2/h4-8,10H,2-3,9H2,1H3;3H,1-2H3;1-2H3. The first kappa shape index (κ1) is 18.9. The van der Waals surface area contributed by atoms with Crippen molar-refractivity contribution in [3.63, 3.8) is 0 Å². The lowest BCUT2D eigenvalue weighted by atomic mass is 10.2. The van der Waals surface area contributed by atoms with Crippen LogP contribution in [0.3, 0.4) is 0 Å². The first-order valence-electron chi connectivity index (χ1n) is 8.76. The molecule has 7 heteroatoms. The van der Waals surface area contributed by atoms with Crippen LogP contribution in [0.5, 0.6) is 5.88 Å². The Morgan fingerprint density at radius 1 is 1.20 bits per heavy atom. The minimum atomic E-state index is 0.649. The third kappa shape index (κ3) is 5.03. The second-order valence-electron chi connectivity index (χ2n) is 5.75. The van der Waals surface area contributed by atoms with Gasteiger partial charge in [-0.25, -0.2) is 9.50 Å². The molecule has 3 aromatic rings. The molecule has 3 aromatic heterocycles. The predicted molar refractivity (Wildman–Crippen MR) is 99.7 cm³/mol. The third-order valence-corrected chi connectivity index (χ3v) is 3.51. The molecule has 1 aliphatic carbocycles. The molecule has 1 fully saturated rings. The summed E-state index contributed by atoms with van der Waals surface area (Å²) in [6.07, 6.45) is 9.91. The molecule has 0 atom stereocenters. The molecular weight excluding hydrogens is 316 g/mol. The number of hydrogen-bond donors (Lipinski definition) is 1. The topological polar surface area (TPSA) is 69.3 Å². The van der Waals surface area contributed by atoms with Crippen LogP contribution in [0.2, 0.25) is 0 Å². The van der Waals surface area contributed by atoms with Crippen LogP contribution in [0.15, 0.2) is 30.9 Å². The van der Waals surface area contributed by atoms with Crippen LogP contribution in [0.4, 0.5) is 0 Å². The molecule has 136 valence electrons. The van der Waals surface area contributed by atoms with Crippen molar-refractivity contribution in [2.75, 3.05) is 20.7 Å². The van der Waals surface area contributed by atoms with E-state index >= 15 is 0 Å². The van der Waals surface area contributed by atoms with E-state index in [1.54, 1.807) is 21.6 Å². The highest BCUT2D eigenvalue weighted by molar-refractivity contribution is 5.63. The molecule has 0 aromatic carbocycles. The minimum absolute atomic E-state index is 0.649. The molecule has 4 rings (SSSR count). The molecule has 1 aliphatic rings. The largest absolute Gasteiger partial charge is 0.476 e. The van der Waals surface area contributed by atoms with E-state index in [-0.39, 0.29) is 0 Å². The number of nitrogens with one attached hydrogen (secondary N) is 1. The van der Waals surface area contributed by atoms with E-state index in [1.807, 2.05) is 53.5 Å². The van der Waals surface area contributed by atoms with Crippen molar-refractivity contribution in [2.45, 2.75) is 26.7 Å². The summed E-state index contributed by atoms with van der Waals surface area (Å²) in [6, 6.07) is 1.92. The van der Waals surface area contributed by atoms with Crippen LogP contribution in [0.25, 0.3) is 16.8 Å². The van der Waals surface area contributed by atoms with Gasteiger partial charge in [-0.15, -0.1) is 0 Å². The second-order valence-corrected chi connectivity index (χ2v) is 5.75. The first-order valence-corrected chi connectivity index (χ1v) is 8.76. The third-order valence-electron chi connectivity index (χ3n) is 3.51. The second kappa shape index (κ2) is 9.17. The lowest BCUT2D eigenvalue weighted by Crippen LogP contribution is -2.04. The smallest absolute Gasteiger partial charge is 0.240 e. The van der Waals surface area contributed by atoms with Gasteiger partial charge in [-0.2, -0.15) is 10.2 Å². The summed E-state index contributed by atoms with van der Waals surface area (Å²) in [5.74, 6) is 1.34. The lowest BCUT2D eigenvalue weighted by Gasteiger charge is -2.08. The maximum atomic E-state index is 5.87. The normalized spacial score (nSPS) is 12.8. The summed E-state index contributed by atoms with van der Waals surface area (Å²) in [5.41, 5.74) is 2.68. The Morgan fingerprint density at radius 2 is 1.92 bits per heavy atom. The molecular formula is C18H28N6O. The van der Waals surface area contributed by atoms with Gasteiger partial charge in [0, 0.05) is 18.8 Å². The zero-order chi connectivity index (χ0) is 18.2. The molecule has 0 spiro atoms. The number of rotatable bonds is 4. The molecule has 7 nitrogen and oxygen atoms in total. The van der Waals surface area contributed by atoms with Gasteiger partial charge in [-0.05, 0) is 38.9 Å². The molecule has 0 aliphatic heterocycles. The first-order chi connectivity index (χ1) is 12.2. The van der Waals surface area contributed by atoms with E-state index in [0.29, 0.717) is 11.8 Å². The van der Waals surface area contributed by atoms with Crippen LogP contribution in [0.1, 0.15) is 26.7 Å². The van der Waals surface area contributed by atoms with Gasteiger partial charge in [0.15, 0.2) is 0 Å². The molecule has 1 N–H and O–H groups in total. The van der Waals surface area contributed by atoms with Crippen molar-refractivity contribution < 1.29 is 4.74 Å². The number of fused-ring (bicyclic) bond motifs is 1. The fourth-order valence-electron chi connectivity index (χ4n) is 2.18. The Morgan fingerprint density at radius 3 is 2.52 bits per heavy atom. The Bertz CT molecular complexity index is 775. The van der Waals surface area contributed by atoms with Crippen molar-refractivity contribution in [2.24, 2.45) is 13.0 Å². The molecule has 3 heterocycles. The maximum absolute atomic E-state index is 5.87. The summed E-state index contributed by atoms with van der Waals surface area (Å²) in [7, 11) is 5.64. The molecule has 0 amide bonds. The van der Waals surface area contributed by atoms with E-state index < -0.39 is 0 Å². The van der Waals surface area contributed by atoms with Gasteiger partial charge in [0.05, 0.1) is 30.9 Å². The average molecular weight is 344 g/mol. The van der Waals surface area contributed by atoms with Gasteiger partial charge < -0.3 is 10.1 Å². The SMILES string of the molecule is CC.CNC.Cn1cc(-c2cn3nccc3c(OCC3CC3)n2)cn1. The molecule has 1 saturated carbocycles. The Kier molecular flexibility index (Phi) is 6.94. The van der Waals surface area contributed by atoms with E-state index in [4.69, 9.17) is 4.74 Å². The number of hydrogen-bond acceptors (Lipinski definition) is 5. The van der Waals surface area contributed by atoms with Crippen LogP contribution >= 0.6 is 0 Å². The van der Waals surface area contributed by atoms with Crippen LogP contribution in [0, 0.1) is 5.92 Å². The maximum Gasteiger partial charge on any atom is 0.240 e. The number of nitrogens with zero attached hydrogens (tertiary/aromatic N) is 5. The van der Waals surface area contributed by atoms with Crippen LogP contribution in [-0.2, 0) is 7.05 Å². The van der Waals surface area contributed by atoms with Gasteiger partial charge >= 0.3 is 0 Å². The fraction of sp³-hybridized carbons (Fsp3) is 0.500. The Balaban J connectivity index is 0.000000410. The minimum Gasteiger partial charge on any atom is -0.476 e. The van der Waals surface area contributed by atoms with E-state index in [9.17, 15) is 0 Å². The molecule has 0 saturated heterocycles. The van der Waals surface area contributed by atoms with Gasteiger partial charge in [0.25, 0.3) is 0 Å². The zero-order valence-corrected chi connectivity index (χ0v) is 15.7. The number of ether oxygens (including phenoxy) is 1.